The van der Waals surface area contributed by atoms with Crippen LogP contribution >= 0.6 is 0 Å². The van der Waals surface area contributed by atoms with Gasteiger partial charge in [0.15, 0.2) is 11.5 Å². The van der Waals surface area contributed by atoms with Crippen LogP contribution in [0.1, 0.15) is 75.1 Å². The van der Waals surface area contributed by atoms with Crippen molar-refractivity contribution in [2.24, 2.45) is 5.92 Å². The number of benzene rings is 2. The number of methoxy groups -OCH3 is 3. The van der Waals surface area contributed by atoms with E-state index in [0.717, 1.165) is 36.0 Å². The second-order valence-electron chi connectivity index (χ2n) is 12.6. The van der Waals surface area contributed by atoms with E-state index in [1.54, 1.807) is 33.5 Å². The van der Waals surface area contributed by atoms with Gasteiger partial charge in [0.1, 0.15) is 6.04 Å². The van der Waals surface area contributed by atoms with Gasteiger partial charge in [-0.25, -0.2) is 0 Å². The van der Waals surface area contributed by atoms with E-state index in [2.05, 4.69) is 41.8 Å². The Balaban J connectivity index is 1.53. The third-order valence-electron chi connectivity index (χ3n) is 9.78. The van der Waals surface area contributed by atoms with Crippen molar-refractivity contribution >= 4 is 17.5 Å². The second-order valence-corrected chi connectivity index (χ2v) is 12.6. The number of amides is 2. The van der Waals surface area contributed by atoms with Crippen LogP contribution in [0.5, 0.6) is 17.2 Å². The van der Waals surface area contributed by atoms with Gasteiger partial charge in [-0.05, 0) is 78.0 Å². The average Bonchev–Trinajstić information content (AvgIpc) is 3.33. The molecule has 1 saturated heterocycles. The third kappa shape index (κ3) is 7.09. The Morgan fingerprint density at radius 2 is 1.64 bits per heavy atom. The first-order valence-corrected chi connectivity index (χ1v) is 16.6. The van der Waals surface area contributed by atoms with Crippen LogP contribution in [0.2, 0.25) is 0 Å². The van der Waals surface area contributed by atoms with Crippen LogP contribution in [0, 0.1) is 5.92 Å². The Labute approximate surface area is 277 Å². The number of likely N-dealkylation sites (tertiary alicyclic amines) is 1. The van der Waals surface area contributed by atoms with Crippen molar-refractivity contribution < 1.29 is 23.8 Å². The van der Waals surface area contributed by atoms with Crippen LogP contribution in [-0.2, 0) is 16.0 Å². The molecule has 0 saturated carbocycles. The van der Waals surface area contributed by atoms with Crippen molar-refractivity contribution in [2.75, 3.05) is 39.7 Å². The number of anilines is 1. The van der Waals surface area contributed by atoms with Crippen LogP contribution in [0.4, 0.5) is 5.69 Å². The molecule has 3 aromatic carbocycles. The summed E-state index contributed by atoms with van der Waals surface area (Å²) < 4.78 is 17.2. The number of carbonyl (C=O) groups is 2. The number of nitrogens with one attached hydrogen (secondary N) is 2. The zero-order valence-electron chi connectivity index (χ0n) is 28.4. The fraction of sp³-hybridized carbons (Fsp3) is 0.447. The van der Waals surface area contributed by atoms with Crippen molar-refractivity contribution in [3.8, 4) is 28.4 Å². The maximum Gasteiger partial charge on any atom is 0.245 e. The standard InChI is InChI=1S/C38H47N3O6/c1-7-23(2)35(38(44)41-19-17-26(18-20-41)25-11-9-8-10-12-25)40-31-16-14-28-29(22-32(31)43)30(39-24(3)42)15-13-27-21-33(45-4)36(46-5)37(47-6)34(27)28/h8-12,14,16,21-23,26,30,35H,7,13,15,17-20H2,1-6H3,(H,39,42)(H,40,43)/t23-,30+,35+/m1/s1. The van der Waals surface area contributed by atoms with Crippen LogP contribution < -0.4 is 30.3 Å². The summed E-state index contributed by atoms with van der Waals surface area (Å²) in [5.74, 6) is 1.72. The van der Waals surface area contributed by atoms with Crippen LogP contribution in [0.25, 0.3) is 11.1 Å². The van der Waals surface area contributed by atoms with Gasteiger partial charge in [0.2, 0.25) is 23.0 Å². The van der Waals surface area contributed by atoms with Crippen molar-refractivity contribution in [1.29, 1.82) is 0 Å². The summed E-state index contributed by atoms with van der Waals surface area (Å²) in [4.78, 5) is 42.3. The maximum absolute atomic E-state index is 14.1. The Morgan fingerprint density at radius 3 is 2.26 bits per heavy atom. The normalized spacial score (nSPS) is 17.3. The van der Waals surface area contributed by atoms with E-state index in [1.807, 2.05) is 30.0 Å². The van der Waals surface area contributed by atoms with Gasteiger partial charge in [-0.15, -0.1) is 0 Å². The zero-order valence-corrected chi connectivity index (χ0v) is 28.4. The van der Waals surface area contributed by atoms with E-state index in [1.165, 1.54) is 12.5 Å². The number of fused-ring (bicyclic) bond motifs is 3. The molecule has 250 valence electrons. The monoisotopic (exact) mass is 641 g/mol. The summed E-state index contributed by atoms with van der Waals surface area (Å²) in [5.41, 5.74) is 4.55. The minimum atomic E-state index is -0.569. The highest BCUT2D eigenvalue weighted by Crippen LogP contribution is 2.50. The molecule has 2 aliphatic rings. The van der Waals surface area contributed by atoms with E-state index in [0.29, 0.717) is 60.3 Å². The lowest BCUT2D eigenvalue weighted by Gasteiger charge is -2.36. The number of nitrogens with zero attached hydrogens (tertiary/aromatic N) is 1. The zero-order chi connectivity index (χ0) is 33.7. The highest BCUT2D eigenvalue weighted by atomic mass is 16.5. The lowest BCUT2D eigenvalue weighted by Crippen LogP contribution is -2.49. The molecule has 3 aromatic rings. The van der Waals surface area contributed by atoms with E-state index < -0.39 is 12.1 Å². The molecule has 1 heterocycles. The van der Waals surface area contributed by atoms with Crippen LogP contribution in [0.3, 0.4) is 0 Å². The Kier molecular flexibility index (Phi) is 10.7. The summed E-state index contributed by atoms with van der Waals surface area (Å²) >= 11 is 0. The predicted octanol–water partition coefficient (Wildman–Crippen LogP) is 6.10. The van der Waals surface area contributed by atoms with Gasteiger partial charge in [-0.2, -0.15) is 0 Å². The van der Waals surface area contributed by atoms with E-state index >= 15 is 0 Å². The third-order valence-corrected chi connectivity index (χ3v) is 9.78. The average molecular weight is 642 g/mol. The largest absolute Gasteiger partial charge is 0.493 e. The lowest BCUT2D eigenvalue weighted by atomic mass is 9.88. The number of hydrogen-bond acceptors (Lipinski definition) is 7. The highest BCUT2D eigenvalue weighted by molar-refractivity contribution is 5.86. The molecule has 2 amide bonds. The number of hydrogen-bond donors (Lipinski definition) is 2. The molecule has 0 radical (unpaired) electrons. The quantitative estimate of drug-likeness (QED) is 0.276. The molecule has 1 fully saturated rings. The van der Waals surface area contributed by atoms with Gasteiger partial charge < -0.3 is 29.7 Å². The molecular weight excluding hydrogens is 594 g/mol. The molecule has 5 rings (SSSR count). The van der Waals surface area contributed by atoms with Crippen LogP contribution in [-0.4, -0.2) is 57.2 Å². The first-order chi connectivity index (χ1) is 22.7. The van der Waals surface area contributed by atoms with Crippen molar-refractivity contribution in [1.82, 2.24) is 10.2 Å². The summed E-state index contributed by atoms with van der Waals surface area (Å²) in [5, 5.41) is 6.43. The van der Waals surface area contributed by atoms with Gasteiger partial charge in [0.25, 0.3) is 0 Å². The molecule has 9 nitrogen and oxygen atoms in total. The molecule has 0 aromatic heterocycles. The number of carbonyl (C=O) groups excluding carboxylic acids is 2. The fourth-order valence-corrected chi connectivity index (χ4v) is 7.03. The topological polar surface area (TPSA) is 106 Å². The maximum atomic E-state index is 14.1. The van der Waals surface area contributed by atoms with Gasteiger partial charge in [-0.1, -0.05) is 56.7 Å². The fourth-order valence-electron chi connectivity index (χ4n) is 7.03. The molecule has 0 bridgehead atoms. The molecule has 1 aliphatic heterocycles. The SMILES string of the molecule is CC[C@@H](C)[C@H](Nc1ccc2c(cc1=O)[C@@H](NC(C)=O)CCc1cc(OC)c(OC)c(OC)c1-2)C(=O)N1CCC(c2ccccc2)CC1. The minimum absolute atomic E-state index is 0.0123. The number of aryl methyl sites for hydroxylation is 1. The highest BCUT2D eigenvalue weighted by Gasteiger charge is 2.33. The van der Waals surface area contributed by atoms with E-state index in [9.17, 15) is 14.4 Å². The molecule has 0 unspecified atom stereocenters. The van der Waals surface area contributed by atoms with Crippen molar-refractivity contribution in [2.45, 2.75) is 70.9 Å². The summed E-state index contributed by atoms with van der Waals surface area (Å²) in [6.07, 6.45) is 3.76. The van der Waals surface area contributed by atoms with Gasteiger partial charge in [0, 0.05) is 25.6 Å². The number of ether oxygens (including phenoxy) is 3. The first kappa shape index (κ1) is 33.8. The molecule has 9 heteroatoms. The number of piperidine rings is 1. The van der Waals surface area contributed by atoms with Crippen molar-refractivity contribution in [3.05, 3.63) is 81.5 Å². The summed E-state index contributed by atoms with van der Waals surface area (Å²) in [6, 6.07) is 16.7. The molecule has 0 spiro atoms. The minimum Gasteiger partial charge on any atom is -0.493 e. The molecule has 1 aliphatic carbocycles. The van der Waals surface area contributed by atoms with E-state index in [-0.39, 0.29) is 23.2 Å². The molecular formula is C38H47N3O6. The van der Waals surface area contributed by atoms with Gasteiger partial charge in [0.05, 0.1) is 33.1 Å². The Bertz CT molecular complexity index is 1650. The molecule has 3 atom stereocenters. The van der Waals surface area contributed by atoms with E-state index in [4.69, 9.17) is 14.2 Å². The number of rotatable bonds is 10. The van der Waals surface area contributed by atoms with Gasteiger partial charge >= 0.3 is 0 Å². The predicted molar refractivity (Wildman–Crippen MR) is 185 cm³/mol. The van der Waals surface area contributed by atoms with Gasteiger partial charge in [-0.3, -0.25) is 14.4 Å². The smallest absolute Gasteiger partial charge is 0.245 e. The summed E-state index contributed by atoms with van der Waals surface area (Å²) in [6.45, 7) is 6.93. The Morgan fingerprint density at radius 1 is 0.936 bits per heavy atom. The molecule has 2 N–H and O–H groups in total. The second kappa shape index (κ2) is 14.9. The summed E-state index contributed by atoms with van der Waals surface area (Å²) in [7, 11) is 4.72. The lowest BCUT2D eigenvalue weighted by molar-refractivity contribution is -0.134. The Hall–Kier alpha value is -4.53. The van der Waals surface area contributed by atoms with Crippen LogP contribution in [0.15, 0.2) is 59.4 Å². The first-order valence-electron chi connectivity index (χ1n) is 16.6. The molecule has 47 heavy (non-hydrogen) atoms. The van der Waals surface area contributed by atoms with Crippen molar-refractivity contribution in [3.63, 3.8) is 0 Å².